The number of likely N-dealkylation sites (tertiary alicyclic amines) is 1. The van der Waals surface area contributed by atoms with Crippen molar-refractivity contribution in [3.63, 3.8) is 0 Å². The molecule has 120 valence electrons. The number of aromatic nitrogens is 3. The second-order valence-corrected chi connectivity index (χ2v) is 6.54. The van der Waals surface area contributed by atoms with E-state index < -0.39 is 0 Å². The van der Waals surface area contributed by atoms with E-state index in [1.807, 2.05) is 10.9 Å². The third kappa shape index (κ3) is 5.40. The molecule has 1 saturated heterocycles. The molecular formula is C16H30N4O. The first-order valence-electron chi connectivity index (χ1n) is 8.43. The summed E-state index contributed by atoms with van der Waals surface area (Å²) >= 11 is 0. The third-order valence-electron chi connectivity index (χ3n) is 4.46. The average molecular weight is 294 g/mol. The van der Waals surface area contributed by atoms with Crippen molar-refractivity contribution in [2.24, 2.45) is 11.8 Å². The molecule has 0 aromatic carbocycles. The largest absolute Gasteiger partial charge is 0.396 e. The first-order chi connectivity index (χ1) is 10.2. The Morgan fingerprint density at radius 1 is 1.38 bits per heavy atom. The van der Waals surface area contributed by atoms with E-state index in [0.29, 0.717) is 12.3 Å². The smallest absolute Gasteiger partial charge is 0.0849 e. The van der Waals surface area contributed by atoms with Crippen LogP contribution in [0.1, 0.15) is 45.2 Å². The molecule has 2 heterocycles. The van der Waals surface area contributed by atoms with Gasteiger partial charge in [-0.25, -0.2) is 0 Å². The van der Waals surface area contributed by atoms with Crippen LogP contribution in [-0.2, 0) is 13.0 Å². The number of rotatable bonds is 8. The van der Waals surface area contributed by atoms with Crippen molar-refractivity contribution < 1.29 is 5.11 Å². The van der Waals surface area contributed by atoms with E-state index in [0.717, 1.165) is 18.2 Å². The first kappa shape index (κ1) is 16.4. The van der Waals surface area contributed by atoms with Gasteiger partial charge < -0.3 is 10.0 Å². The van der Waals surface area contributed by atoms with E-state index in [-0.39, 0.29) is 6.61 Å². The van der Waals surface area contributed by atoms with Gasteiger partial charge in [-0.1, -0.05) is 25.5 Å². The van der Waals surface area contributed by atoms with Crippen LogP contribution in [0, 0.1) is 11.8 Å². The van der Waals surface area contributed by atoms with Gasteiger partial charge in [-0.2, -0.15) is 0 Å². The molecule has 1 aromatic heterocycles. The maximum Gasteiger partial charge on any atom is 0.0849 e. The third-order valence-corrected chi connectivity index (χ3v) is 4.46. The summed E-state index contributed by atoms with van der Waals surface area (Å²) in [6.45, 7) is 9.45. The number of hydrogen-bond acceptors (Lipinski definition) is 4. The van der Waals surface area contributed by atoms with Crippen molar-refractivity contribution in [1.82, 2.24) is 19.9 Å². The number of hydrogen-bond donors (Lipinski definition) is 1. The highest BCUT2D eigenvalue weighted by atomic mass is 16.3. The van der Waals surface area contributed by atoms with Crippen molar-refractivity contribution in [1.29, 1.82) is 0 Å². The predicted octanol–water partition coefficient (Wildman–Crippen LogP) is 1.96. The summed E-state index contributed by atoms with van der Waals surface area (Å²) in [6, 6.07) is 0. The van der Waals surface area contributed by atoms with Crippen LogP contribution in [0.4, 0.5) is 0 Å². The van der Waals surface area contributed by atoms with Crippen molar-refractivity contribution in [2.75, 3.05) is 26.2 Å². The Bertz CT molecular complexity index is 399. The molecule has 1 aliphatic heterocycles. The second kappa shape index (κ2) is 8.49. The van der Waals surface area contributed by atoms with E-state index >= 15 is 0 Å². The summed E-state index contributed by atoms with van der Waals surface area (Å²) in [4.78, 5) is 2.62. The van der Waals surface area contributed by atoms with E-state index in [1.165, 1.54) is 45.3 Å². The zero-order valence-corrected chi connectivity index (χ0v) is 13.5. The quantitative estimate of drug-likeness (QED) is 0.796. The van der Waals surface area contributed by atoms with Crippen molar-refractivity contribution in [2.45, 2.75) is 52.5 Å². The summed E-state index contributed by atoms with van der Waals surface area (Å²) in [6.07, 6.45) is 7.73. The van der Waals surface area contributed by atoms with Crippen LogP contribution in [0.3, 0.4) is 0 Å². The van der Waals surface area contributed by atoms with E-state index in [1.54, 1.807) is 0 Å². The first-order valence-corrected chi connectivity index (χ1v) is 8.43. The fraction of sp³-hybridized carbons (Fsp3) is 0.875. The van der Waals surface area contributed by atoms with Crippen molar-refractivity contribution in [3.05, 3.63) is 11.9 Å². The van der Waals surface area contributed by atoms with E-state index in [9.17, 15) is 0 Å². The highest BCUT2D eigenvalue weighted by Crippen LogP contribution is 2.20. The molecule has 5 nitrogen and oxygen atoms in total. The van der Waals surface area contributed by atoms with Gasteiger partial charge in [0.15, 0.2) is 0 Å². The Labute approximate surface area is 128 Å². The summed E-state index contributed by atoms with van der Waals surface area (Å²) in [7, 11) is 0. The van der Waals surface area contributed by atoms with Gasteiger partial charge in [-0.05, 0) is 44.2 Å². The SMILES string of the molecule is CCCC(C)CN1CCC(Cn2cc(CCO)nn2)CC1. The molecule has 1 fully saturated rings. The summed E-state index contributed by atoms with van der Waals surface area (Å²) in [5.41, 5.74) is 0.892. The molecule has 1 atom stereocenters. The normalized spacial score (nSPS) is 19.0. The zero-order valence-electron chi connectivity index (χ0n) is 13.5. The van der Waals surface area contributed by atoms with Crippen LogP contribution in [0.5, 0.6) is 0 Å². The lowest BCUT2D eigenvalue weighted by atomic mass is 9.95. The number of piperidine rings is 1. The van der Waals surface area contributed by atoms with Gasteiger partial charge in [0.1, 0.15) is 0 Å². The molecule has 0 bridgehead atoms. The number of aliphatic hydroxyl groups excluding tert-OH is 1. The molecule has 0 spiro atoms. The molecular weight excluding hydrogens is 264 g/mol. The Kier molecular flexibility index (Phi) is 6.64. The highest BCUT2D eigenvalue weighted by Gasteiger charge is 2.21. The van der Waals surface area contributed by atoms with Gasteiger partial charge in [-0.3, -0.25) is 4.68 Å². The van der Waals surface area contributed by atoms with Crippen LogP contribution in [0.15, 0.2) is 6.20 Å². The van der Waals surface area contributed by atoms with E-state index in [4.69, 9.17) is 5.11 Å². The highest BCUT2D eigenvalue weighted by molar-refractivity contribution is 4.92. The van der Waals surface area contributed by atoms with Gasteiger partial charge >= 0.3 is 0 Å². The predicted molar refractivity (Wildman–Crippen MR) is 84.0 cm³/mol. The minimum atomic E-state index is 0.146. The van der Waals surface area contributed by atoms with Gasteiger partial charge in [-0.15, -0.1) is 5.10 Å². The van der Waals surface area contributed by atoms with Crippen LogP contribution in [-0.4, -0.2) is 51.2 Å². The summed E-state index contributed by atoms with van der Waals surface area (Å²) < 4.78 is 1.95. The molecule has 0 amide bonds. The lowest BCUT2D eigenvalue weighted by Gasteiger charge is -2.33. The average Bonchev–Trinajstić information content (AvgIpc) is 2.89. The Morgan fingerprint density at radius 3 is 2.81 bits per heavy atom. The Hall–Kier alpha value is -0.940. The molecule has 1 unspecified atom stereocenters. The molecule has 5 heteroatoms. The molecule has 21 heavy (non-hydrogen) atoms. The standard InChI is InChI=1S/C16H30N4O/c1-3-4-14(2)11-19-8-5-15(6-9-19)12-20-13-16(7-10-21)17-18-20/h13-15,21H,3-12H2,1-2H3. The van der Waals surface area contributed by atoms with Crippen LogP contribution in [0.2, 0.25) is 0 Å². The van der Waals surface area contributed by atoms with Crippen LogP contribution < -0.4 is 0 Å². The van der Waals surface area contributed by atoms with Crippen LogP contribution >= 0.6 is 0 Å². The summed E-state index contributed by atoms with van der Waals surface area (Å²) in [5, 5.41) is 17.2. The maximum absolute atomic E-state index is 8.91. The van der Waals surface area contributed by atoms with Crippen LogP contribution in [0.25, 0.3) is 0 Å². The molecule has 0 radical (unpaired) electrons. The minimum Gasteiger partial charge on any atom is -0.396 e. The maximum atomic E-state index is 8.91. The molecule has 1 aromatic rings. The lowest BCUT2D eigenvalue weighted by molar-refractivity contribution is 0.150. The molecule has 0 saturated carbocycles. The number of aliphatic hydroxyl groups is 1. The topological polar surface area (TPSA) is 54.2 Å². The van der Waals surface area contributed by atoms with Gasteiger partial charge in [0.2, 0.25) is 0 Å². The van der Waals surface area contributed by atoms with Crippen molar-refractivity contribution in [3.8, 4) is 0 Å². The fourth-order valence-corrected chi connectivity index (χ4v) is 3.30. The molecule has 1 aliphatic rings. The summed E-state index contributed by atoms with van der Waals surface area (Å²) in [5.74, 6) is 1.54. The minimum absolute atomic E-state index is 0.146. The Morgan fingerprint density at radius 2 is 2.14 bits per heavy atom. The fourth-order valence-electron chi connectivity index (χ4n) is 3.30. The monoisotopic (exact) mass is 294 g/mol. The molecule has 1 N–H and O–H groups in total. The molecule has 2 rings (SSSR count). The van der Waals surface area contributed by atoms with E-state index in [2.05, 4.69) is 29.1 Å². The molecule has 0 aliphatic carbocycles. The lowest BCUT2D eigenvalue weighted by Crippen LogP contribution is -2.37. The second-order valence-electron chi connectivity index (χ2n) is 6.54. The Balaban J connectivity index is 1.70. The number of nitrogens with zero attached hydrogens (tertiary/aromatic N) is 4. The van der Waals surface area contributed by atoms with Gasteiger partial charge in [0.05, 0.1) is 5.69 Å². The van der Waals surface area contributed by atoms with Gasteiger partial charge in [0, 0.05) is 32.3 Å². The van der Waals surface area contributed by atoms with Gasteiger partial charge in [0.25, 0.3) is 0 Å². The van der Waals surface area contributed by atoms with Crippen molar-refractivity contribution >= 4 is 0 Å². The zero-order chi connectivity index (χ0) is 15.1.